The van der Waals surface area contributed by atoms with Crippen LogP contribution in [-0.4, -0.2) is 36.9 Å². The average Bonchev–Trinajstić information content (AvgIpc) is 3.24. The van der Waals surface area contributed by atoms with Gasteiger partial charge in [0.25, 0.3) is 0 Å². The number of thioether (sulfide) groups is 1. The maximum Gasteiger partial charge on any atom is 0.300 e. The first-order valence-electron chi connectivity index (χ1n) is 10.5. The first kappa shape index (κ1) is 23.4. The molecular formula is C23H21F2N5O3S. The van der Waals surface area contributed by atoms with Crippen LogP contribution >= 0.6 is 11.8 Å². The fourth-order valence-corrected chi connectivity index (χ4v) is 4.21. The SMILES string of the molecule is CCOc1ccc(-n2ccn3c(S[C@@H](CC)C(=O)Nc4cc(F)ccc4F)nnc3c2=O)cc1. The Kier molecular flexibility index (Phi) is 6.92. The number of nitrogens with one attached hydrogen (secondary N) is 1. The van der Waals surface area contributed by atoms with Gasteiger partial charge < -0.3 is 10.1 Å². The van der Waals surface area contributed by atoms with Crippen molar-refractivity contribution in [1.29, 1.82) is 0 Å². The maximum absolute atomic E-state index is 13.9. The highest BCUT2D eigenvalue weighted by Crippen LogP contribution is 2.26. The van der Waals surface area contributed by atoms with E-state index < -0.39 is 22.8 Å². The lowest BCUT2D eigenvalue weighted by Crippen LogP contribution is -2.25. The molecule has 176 valence electrons. The first-order valence-corrected chi connectivity index (χ1v) is 11.4. The summed E-state index contributed by atoms with van der Waals surface area (Å²) < 4.78 is 35.7. The van der Waals surface area contributed by atoms with Crippen molar-refractivity contribution in [3.05, 3.63) is 76.8 Å². The number of carbonyl (C=O) groups excluding carboxylic acids is 1. The zero-order valence-corrected chi connectivity index (χ0v) is 19.2. The number of ether oxygens (including phenoxy) is 1. The number of halogens is 2. The van der Waals surface area contributed by atoms with E-state index in [0.29, 0.717) is 29.6 Å². The second kappa shape index (κ2) is 10.0. The summed E-state index contributed by atoms with van der Waals surface area (Å²) in [5.74, 6) is -1.22. The fourth-order valence-electron chi connectivity index (χ4n) is 3.28. The molecule has 11 heteroatoms. The fraction of sp³-hybridized carbons (Fsp3) is 0.217. The van der Waals surface area contributed by atoms with Crippen LogP contribution in [0.25, 0.3) is 11.3 Å². The topological polar surface area (TPSA) is 90.5 Å². The number of hydrogen-bond donors (Lipinski definition) is 1. The van der Waals surface area contributed by atoms with Crippen molar-refractivity contribution < 1.29 is 18.3 Å². The van der Waals surface area contributed by atoms with E-state index in [-0.39, 0.29) is 16.9 Å². The second-order valence-electron chi connectivity index (χ2n) is 7.20. The lowest BCUT2D eigenvalue weighted by Gasteiger charge is -2.14. The molecule has 0 bridgehead atoms. The minimum Gasteiger partial charge on any atom is -0.494 e. The molecule has 0 aliphatic carbocycles. The van der Waals surface area contributed by atoms with Crippen LogP contribution in [0.4, 0.5) is 14.5 Å². The van der Waals surface area contributed by atoms with Crippen LogP contribution in [-0.2, 0) is 4.79 Å². The molecule has 0 unspecified atom stereocenters. The van der Waals surface area contributed by atoms with Crippen LogP contribution in [0.5, 0.6) is 5.75 Å². The van der Waals surface area contributed by atoms with E-state index in [0.717, 1.165) is 30.0 Å². The molecule has 0 saturated heterocycles. The molecule has 0 fully saturated rings. The van der Waals surface area contributed by atoms with Crippen LogP contribution in [0.1, 0.15) is 20.3 Å². The summed E-state index contributed by atoms with van der Waals surface area (Å²) in [5, 5.41) is 10.1. The number of nitrogens with zero attached hydrogens (tertiary/aromatic N) is 4. The number of amides is 1. The Hall–Kier alpha value is -3.73. The zero-order valence-electron chi connectivity index (χ0n) is 18.4. The van der Waals surface area contributed by atoms with Crippen LogP contribution < -0.4 is 15.6 Å². The number of hydrogen-bond acceptors (Lipinski definition) is 6. The predicted octanol–water partition coefficient (Wildman–Crippen LogP) is 4.07. The molecule has 34 heavy (non-hydrogen) atoms. The van der Waals surface area contributed by atoms with Crippen molar-refractivity contribution in [1.82, 2.24) is 19.2 Å². The summed E-state index contributed by atoms with van der Waals surface area (Å²) in [6, 6.07) is 9.90. The Morgan fingerprint density at radius 2 is 1.88 bits per heavy atom. The molecule has 2 aromatic carbocycles. The van der Waals surface area contributed by atoms with Crippen molar-refractivity contribution in [2.24, 2.45) is 0 Å². The molecule has 1 N–H and O–H groups in total. The van der Waals surface area contributed by atoms with E-state index in [1.165, 1.54) is 8.97 Å². The van der Waals surface area contributed by atoms with Gasteiger partial charge in [0.2, 0.25) is 11.6 Å². The van der Waals surface area contributed by atoms with Gasteiger partial charge in [-0.3, -0.25) is 18.6 Å². The molecule has 0 saturated carbocycles. The van der Waals surface area contributed by atoms with Crippen molar-refractivity contribution in [2.45, 2.75) is 30.7 Å². The standard InChI is InChI=1S/C23H21F2N5O3S/c1-3-19(21(31)26-18-13-14(24)5-10-17(18)25)34-23-28-27-20-22(32)29(11-12-30(20)23)15-6-8-16(9-7-15)33-4-2/h5-13,19H,3-4H2,1-2H3,(H,26,31)/t19-/m0/s1. The van der Waals surface area contributed by atoms with Gasteiger partial charge in [-0.1, -0.05) is 18.7 Å². The lowest BCUT2D eigenvalue weighted by atomic mass is 10.2. The summed E-state index contributed by atoms with van der Waals surface area (Å²) in [6.07, 6.45) is 3.60. The van der Waals surface area contributed by atoms with Crippen molar-refractivity contribution in [3.63, 3.8) is 0 Å². The maximum atomic E-state index is 13.9. The highest BCUT2D eigenvalue weighted by molar-refractivity contribution is 8.00. The molecular weight excluding hydrogens is 464 g/mol. The Morgan fingerprint density at radius 3 is 2.59 bits per heavy atom. The van der Waals surface area contributed by atoms with E-state index in [1.54, 1.807) is 43.6 Å². The van der Waals surface area contributed by atoms with Crippen LogP contribution in [0.2, 0.25) is 0 Å². The molecule has 2 aromatic heterocycles. The Labute approximate surface area is 197 Å². The third kappa shape index (κ3) is 4.79. The highest BCUT2D eigenvalue weighted by Gasteiger charge is 2.23. The zero-order chi connectivity index (χ0) is 24.2. The van der Waals surface area contributed by atoms with Gasteiger partial charge in [-0.15, -0.1) is 10.2 Å². The quantitative estimate of drug-likeness (QED) is 0.379. The lowest BCUT2D eigenvalue weighted by molar-refractivity contribution is -0.115. The molecule has 0 aliphatic rings. The van der Waals surface area contributed by atoms with E-state index in [1.807, 2.05) is 6.92 Å². The molecule has 2 heterocycles. The van der Waals surface area contributed by atoms with Crippen LogP contribution in [0.3, 0.4) is 0 Å². The number of benzene rings is 2. The van der Waals surface area contributed by atoms with Crippen LogP contribution in [0, 0.1) is 11.6 Å². The molecule has 8 nitrogen and oxygen atoms in total. The monoisotopic (exact) mass is 485 g/mol. The number of anilines is 1. The first-order chi connectivity index (χ1) is 16.4. The minimum absolute atomic E-state index is 0.0883. The van der Waals surface area contributed by atoms with Gasteiger partial charge in [-0.25, -0.2) is 8.78 Å². The van der Waals surface area contributed by atoms with Gasteiger partial charge in [0.05, 0.1) is 17.5 Å². The molecule has 4 aromatic rings. The highest BCUT2D eigenvalue weighted by atomic mass is 32.2. The van der Waals surface area contributed by atoms with Gasteiger partial charge in [0.15, 0.2) is 5.16 Å². The Morgan fingerprint density at radius 1 is 1.12 bits per heavy atom. The van der Waals surface area contributed by atoms with Gasteiger partial charge in [0.1, 0.15) is 17.4 Å². The second-order valence-corrected chi connectivity index (χ2v) is 8.37. The minimum atomic E-state index is -0.739. The number of aromatic nitrogens is 4. The molecule has 4 rings (SSSR count). The van der Waals surface area contributed by atoms with Crippen molar-refractivity contribution >= 4 is 29.0 Å². The van der Waals surface area contributed by atoms with Gasteiger partial charge >= 0.3 is 5.56 Å². The van der Waals surface area contributed by atoms with Crippen molar-refractivity contribution in [2.75, 3.05) is 11.9 Å². The van der Waals surface area contributed by atoms with Gasteiger partial charge in [-0.2, -0.15) is 0 Å². The normalized spacial score (nSPS) is 12.0. The Balaban J connectivity index is 1.57. The Bertz CT molecular complexity index is 1390. The average molecular weight is 486 g/mol. The number of fused-ring (bicyclic) bond motifs is 1. The van der Waals surface area contributed by atoms with Gasteiger partial charge in [0, 0.05) is 24.1 Å². The number of carbonyl (C=O) groups is 1. The smallest absolute Gasteiger partial charge is 0.300 e. The number of rotatable bonds is 8. The van der Waals surface area contributed by atoms with E-state index in [2.05, 4.69) is 15.5 Å². The largest absolute Gasteiger partial charge is 0.494 e. The molecule has 1 atom stereocenters. The molecule has 1 amide bonds. The molecule has 0 aliphatic heterocycles. The van der Waals surface area contributed by atoms with Crippen molar-refractivity contribution in [3.8, 4) is 11.4 Å². The van der Waals surface area contributed by atoms with Crippen LogP contribution in [0.15, 0.2) is 64.8 Å². The van der Waals surface area contributed by atoms with E-state index >= 15 is 0 Å². The third-order valence-electron chi connectivity index (χ3n) is 4.96. The van der Waals surface area contributed by atoms with Gasteiger partial charge in [-0.05, 0) is 49.7 Å². The molecule has 0 spiro atoms. The summed E-state index contributed by atoms with van der Waals surface area (Å²) in [7, 11) is 0. The molecule has 0 radical (unpaired) electrons. The summed E-state index contributed by atoms with van der Waals surface area (Å²) in [6.45, 7) is 4.21. The summed E-state index contributed by atoms with van der Waals surface area (Å²) in [4.78, 5) is 25.7. The third-order valence-corrected chi connectivity index (χ3v) is 6.28. The summed E-state index contributed by atoms with van der Waals surface area (Å²) >= 11 is 1.08. The summed E-state index contributed by atoms with van der Waals surface area (Å²) in [5.41, 5.74) is 0.0974. The predicted molar refractivity (Wildman–Crippen MR) is 125 cm³/mol. The van der Waals surface area contributed by atoms with E-state index in [9.17, 15) is 18.4 Å². The van der Waals surface area contributed by atoms with E-state index in [4.69, 9.17) is 4.74 Å².